The molecule has 10 nitrogen and oxygen atoms in total. The summed E-state index contributed by atoms with van der Waals surface area (Å²) in [5.74, 6) is -2.38. The second-order valence-electron chi connectivity index (χ2n) is 7.76. The molecule has 0 spiro atoms. The van der Waals surface area contributed by atoms with Gasteiger partial charge in [0, 0.05) is 44.4 Å². The van der Waals surface area contributed by atoms with Crippen LogP contribution in [0.25, 0.3) is 0 Å². The van der Waals surface area contributed by atoms with Crippen molar-refractivity contribution in [2.45, 2.75) is 71.3 Å². The second kappa shape index (κ2) is 12.3. The molecule has 0 aromatic rings. The summed E-state index contributed by atoms with van der Waals surface area (Å²) in [5, 5.41) is 18.3. The molecule has 31 heavy (non-hydrogen) atoms. The highest BCUT2D eigenvalue weighted by Crippen LogP contribution is 2.35. The van der Waals surface area contributed by atoms with E-state index in [9.17, 15) is 29.1 Å². The van der Waals surface area contributed by atoms with Gasteiger partial charge in [-0.25, -0.2) is 9.59 Å². The van der Waals surface area contributed by atoms with Crippen LogP contribution in [0, 0.1) is 5.92 Å². The van der Waals surface area contributed by atoms with Crippen LogP contribution >= 0.6 is 0 Å². The fourth-order valence-corrected chi connectivity index (χ4v) is 4.04. The summed E-state index contributed by atoms with van der Waals surface area (Å²) < 4.78 is 4.85. The Morgan fingerprint density at radius 3 is 2.16 bits per heavy atom. The summed E-state index contributed by atoms with van der Waals surface area (Å²) in [5.41, 5.74) is -0.749. The monoisotopic (exact) mass is 442 g/mol. The summed E-state index contributed by atoms with van der Waals surface area (Å²) in [6.07, 6.45) is 1.51. The molecule has 2 rings (SSSR count). The largest absolute Gasteiger partial charge is 0.481 e. The van der Waals surface area contributed by atoms with Gasteiger partial charge in [0.2, 0.25) is 0 Å². The Hall–Kier alpha value is -2.65. The zero-order valence-electron chi connectivity index (χ0n) is 18.6. The van der Waals surface area contributed by atoms with Gasteiger partial charge in [0.15, 0.2) is 0 Å². The van der Waals surface area contributed by atoms with Crippen molar-refractivity contribution in [3.05, 3.63) is 0 Å². The highest BCUT2D eigenvalue weighted by Gasteiger charge is 2.45. The van der Waals surface area contributed by atoms with Crippen molar-refractivity contribution in [1.82, 2.24) is 9.80 Å². The molecule has 2 saturated heterocycles. The first-order valence-electron chi connectivity index (χ1n) is 10.8. The van der Waals surface area contributed by atoms with Crippen LogP contribution in [0.1, 0.15) is 65.7 Å². The van der Waals surface area contributed by atoms with Gasteiger partial charge < -0.3 is 24.7 Å². The van der Waals surface area contributed by atoms with Gasteiger partial charge in [-0.2, -0.15) is 0 Å². The third kappa shape index (κ3) is 7.22. The molecule has 0 bridgehead atoms. The number of hydrogen-bond acceptors (Lipinski definition) is 6. The minimum atomic E-state index is -1.15. The van der Waals surface area contributed by atoms with Crippen LogP contribution in [0.3, 0.4) is 0 Å². The number of carboxylic acid groups (broad SMARTS) is 2. The molecule has 2 N–H and O–H groups in total. The van der Waals surface area contributed by atoms with Crippen LogP contribution in [-0.4, -0.2) is 81.5 Å². The predicted octanol–water partition coefficient (Wildman–Crippen LogP) is 2.79. The topological polar surface area (TPSA) is 142 Å². The highest BCUT2D eigenvalue weighted by atomic mass is 16.6. The van der Waals surface area contributed by atoms with Crippen LogP contribution in [0.15, 0.2) is 0 Å². The van der Waals surface area contributed by atoms with Gasteiger partial charge in [-0.15, -0.1) is 0 Å². The first-order valence-corrected chi connectivity index (χ1v) is 10.8. The smallest absolute Gasteiger partial charge is 0.409 e. The molecule has 2 amide bonds. The summed E-state index contributed by atoms with van der Waals surface area (Å²) in [6.45, 7) is 7.06. The van der Waals surface area contributed by atoms with Crippen molar-refractivity contribution >= 4 is 29.7 Å². The molecular weight excluding hydrogens is 408 g/mol. The lowest BCUT2D eigenvalue weighted by Crippen LogP contribution is -2.51. The average molecular weight is 443 g/mol. The molecule has 2 fully saturated rings. The Labute approximate surface area is 182 Å². The SMILES string of the molecule is CCC1(CC)CC(C(=O)O)C(=O)CCN1C(=O)O.CCOC(=O)N1CCCC(=O)CC1. The molecule has 0 aromatic carbocycles. The number of ketones is 2. The molecule has 10 heteroatoms. The van der Waals surface area contributed by atoms with Gasteiger partial charge in [0.1, 0.15) is 17.5 Å². The number of hydrogen-bond donors (Lipinski definition) is 2. The van der Waals surface area contributed by atoms with Gasteiger partial charge >= 0.3 is 18.2 Å². The third-order valence-corrected chi connectivity index (χ3v) is 6.04. The predicted molar refractivity (Wildman–Crippen MR) is 111 cm³/mol. The van der Waals surface area contributed by atoms with E-state index < -0.39 is 23.5 Å². The first-order chi connectivity index (χ1) is 14.6. The molecular formula is C21H34N2O8. The minimum absolute atomic E-state index is 0.0228. The molecule has 1 unspecified atom stereocenters. The lowest BCUT2D eigenvalue weighted by atomic mass is 9.81. The number of rotatable bonds is 4. The van der Waals surface area contributed by atoms with E-state index in [1.165, 1.54) is 4.90 Å². The van der Waals surface area contributed by atoms with E-state index in [1.54, 1.807) is 11.8 Å². The van der Waals surface area contributed by atoms with Crippen LogP contribution in [0.4, 0.5) is 9.59 Å². The van der Waals surface area contributed by atoms with Crippen molar-refractivity contribution in [1.29, 1.82) is 0 Å². The first kappa shape index (κ1) is 26.4. The number of carbonyl (C=O) groups is 5. The zero-order valence-corrected chi connectivity index (χ0v) is 18.6. The van der Waals surface area contributed by atoms with Gasteiger partial charge in [-0.3, -0.25) is 14.4 Å². The molecule has 0 radical (unpaired) electrons. The number of aliphatic carboxylic acids is 1. The number of carboxylic acids is 1. The van der Waals surface area contributed by atoms with E-state index in [-0.39, 0.29) is 37.0 Å². The van der Waals surface area contributed by atoms with Crippen molar-refractivity contribution in [2.24, 2.45) is 5.92 Å². The molecule has 2 aliphatic rings. The Morgan fingerprint density at radius 1 is 1.00 bits per heavy atom. The fourth-order valence-electron chi connectivity index (χ4n) is 4.04. The molecule has 176 valence electrons. The third-order valence-electron chi connectivity index (χ3n) is 6.04. The summed E-state index contributed by atoms with van der Waals surface area (Å²) in [6, 6.07) is 0. The zero-order chi connectivity index (χ0) is 23.6. The van der Waals surface area contributed by atoms with E-state index >= 15 is 0 Å². The standard InChI is InChI=1S/C12H19NO5.C9H15NO3/c1-3-12(4-2)7-8(10(15)16)9(14)5-6-13(12)11(17)18;1-2-13-9(12)10-6-3-4-8(11)5-7-10/h8H,3-7H2,1-2H3,(H,15,16)(H,17,18);2-7H2,1H3. The van der Waals surface area contributed by atoms with Gasteiger partial charge in [-0.05, 0) is 32.6 Å². The lowest BCUT2D eigenvalue weighted by Gasteiger charge is -2.40. The quantitative estimate of drug-likeness (QED) is 0.633. The van der Waals surface area contributed by atoms with E-state index in [1.807, 2.05) is 13.8 Å². The number of nitrogens with zero attached hydrogens (tertiary/aromatic N) is 2. The maximum Gasteiger partial charge on any atom is 0.409 e. The van der Waals surface area contributed by atoms with E-state index in [4.69, 9.17) is 9.84 Å². The molecule has 0 aromatic heterocycles. The summed E-state index contributed by atoms with van der Waals surface area (Å²) in [4.78, 5) is 59.3. The van der Waals surface area contributed by atoms with E-state index in [0.717, 1.165) is 6.42 Å². The Morgan fingerprint density at radius 2 is 1.65 bits per heavy atom. The normalized spacial score (nSPS) is 21.3. The maximum absolute atomic E-state index is 11.7. The van der Waals surface area contributed by atoms with Gasteiger partial charge in [0.25, 0.3) is 0 Å². The average Bonchev–Trinajstić information content (AvgIpc) is 3.03. The second-order valence-corrected chi connectivity index (χ2v) is 7.76. The van der Waals surface area contributed by atoms with Crippen molar-refractivity contribution in [3.63, 3.8) is 0 Å². The number of ether oxygens (including phenoxy) is 1. The van der Waals surface area contributed by atoms with Crippen LogP contribution in [0.5, 0.6) is 0 Å². The Bertz CT molecular complexity index is 674. The van der Waals surface area contributed by atoms with Gasteiger partial charge in [0.05, 0.1) is 6.61 Å². The minimum Gasteiger partial charge on any atom is -0.481 e. The van der Waals surface area contributed by atoms with Crippen LogP contribution in [0.2, 0.25) is 0 Å². The molecule has 0 aliphatic carbocycles. The van der Waals surface area contributed by atoms with Crippen molar-refractivity contribution in [3.8, 4) is 0 Å². The van der Waals surface area contributed by atoms with Crippen molar-refractivity contribution < 1.29 is 38.9 Å². The van der Waals surface area contributed by atoms with Crippen LogP contribution < -0.4 is 0 Å². The molecule has 2 heterocycles. The molecule has 2 aliphatic heterocycles. The molecule has 1 atom stereocenters. The number of likely N-dealkylation sites (tertiary alicyclic amines) is 2. The molecule has 0 saturated carbocycles. The van der Waals surface area contributed by atoms with E-state index in [0.29, 0.717) is 45.4 Å². The number of Topliss-reactive ketones (excluding diaryl/α,β-unsaturated/α-hetero) is 2. The van der Waals surface area contributed by atoms with E-state index in [2.05, 4.69) is 0 Å². The summed E-state index contributed by atoms with van der Waals surface area (Å²) in [7, 11) is 0. The Kier molecular flexibility index (Phi) is 10.4. The number of carbonyl (C=O) groups excluding carboxylic acids is 3. The Balaban J connectivity index is 0.000000327. The lowest BCUT2D eigenvalue weighted by molar-refractivity contribution is -0.147. The summed E-state index contributed by atoms with van der Waals surface area (Å²) >= 11 is 0. The van der Waals surface area contributed by atoms with Gasteiger partial charge in [-0.1, -0.05) is 13.8 Å². The van der Waals surface area contributed by atoms with Crippen molar-refractivity contribution in [2.75, 3.05) is 26.2 Å². The highest BCUT2D eigenvalue weighted by molar-refractivity contribution is 5.98. The maximum atomic E-state index is 11.7. The number of amides is 2. The van der Waals surface area contributed by atoms with Crippen LogP contribution in [-0.2, 0) is 19.1 Å². The fraction of sp³-hybridized carbons (Fsp3) is 0.762.